The molecule has 0 radical (unpaired) electrons. The summed E-state index contributed by atoms with van der Waals surface area (Å²) in [5.41, 5.74) is 3.76. The van der Waals surface area contributed by atoms with Gasteiger partial charge in [0, 0.05) is 12.6 Å². The van der Waals surface area contributed by atoms with Crippen LogP contribution in [0.4, 0.5) is 0 Å². The van der Waals surface area contributed by atoms with Crippen LogP contribution in [0.1, 0.15) is 23.6 Å². The molecule has 1 unspecified atom stereocenters. The van der Waals surface area contributed by atoms with Crippen LogP contribution in [0.25, 0.3) is 6.08 Å². The molecule has 23 heavy (non-hydrogen) atoms. The Balaban J connectivity index is 0.00000264. The fourth-order valence-electron chi connectivity index (χ4n) is 2.50. The summed E-state index contributed by atoms with van der Waals surface area (Å²) < 4.78 is 5.44. The predicted molar refractivity (Wildman–Crippen MR) is 102 cm³/mol. The number of hydrogen-bond acceptors (Lipinski definition) is 2. The van der Waals surface area contributed by atoms with Crippen molar-refractivity contribution < 1.29 is 4.74 Å². The Labute approximate surface area is 146 Å². The molecular weight excluding hydrogens is 306 g/mol. The Kier molecular flexibility index (Phi) is 8.46. The van der Waals surface area contributed by atoms with E-state index in [-0.39, 0.29) is 12.4 Å². The maximum atomic E-state index is 5.44. The number of benzene rings is 2. The van der Waals surface area contributed by atoms with Gasteiger partial charge in [-0.3, -0.25) is 0 Å². The number of halogens is 1. The average molecular weight is 332 g/mol. The molecule has 0 heterocycles. The third-order valence-electron chi connectivity index (χ3n) is 3.66. The number of ether oxygens (including phenoxy) is 1. The largest absolute Gasteiger partial charge is 0.496 e. The van der Waals surface area contributed by atoms with Crippen molar-refractivity contribution in [3.63, 3.8) is 0 Å². The fraction of sp³-hybridized carbons (Fsp3) is 0.300. The highest BCUT2D eigenvalue weighted by Gasteiger charge is 2.07. The third-order valence-corrected chi connectivity index (χ3v) is 3.66. The summed E-state index contributed by atoms with van der Waals surface area (Å²) in [6.45, 7) is 5.19. The van der Waals surface area contributed by atoms with Gasteiger partial charge in [-0.1, -0.05) is 60.2 Å². The van der Waals surface area contributed by atoms with E-state index in [0.29, 0.717) is 6.04 Å². The van der Waals surface area contributed by atoms with Gasteiger partial charge in [0.1, 0.15) is 5.75 Å². The normalized spacial score (nSPS) is 12.0. The molecule has 0 aliphatic rings. The van der Waals surface area contributed by atoms with Gasteiger partial charge in [0.25, 0.3) is 0 Å². The number of nitrogens with one attached hydrogen (secondary N) is 1. The second kappa shape index (κ2) is 10.1. The highest BCUT2D eigenvalue weighted by atomic mass is 35.5. The molecule has 0 aliphatic carbocycles. The van der Waals surface area contributed by atoms with Crippen LogP contribution in [0.15, 0.2) is 54.6 Å². The zero-order valence-corrected chi connectivity index (χ0v) is 14.9. The van der Waals surface area contributed by atoms with Crippen molar-refractivity contribution in [2.75, 3.05) is 13.7 Å². The summed E-state index contributed by atoms with van der Waals surface area (Å²) in [5, 5.41) is 3.53. The molecule has 0 bridgehead atoms. The molecule has 0 saturated carbocycles. The molecule has 0 saturated heterocycles. The minimum absolute atomic E-state index is 0. The first-order valence-electron chi connectivity index (χ1n) is 7.77. The van der Waals surface area contributed by atoms with Crippen molar-refractivity contribution in [1.29, 1.82) is 0 Å². The zero-order valence-electron chi connectivity index (χ0n) is 14.1. The van der Waals surface area contributed by atoms with Crippen LogP contribution >= 0.6 is 12.4 Å². The summed E-state index contributed by atoms with van der Waals surface area (Å²) in [6, 6.07) is 17.1. The van der Waals surface area contributed by atoms with Gasteiger partial charge in [-0.25, -0.2) is 0 Å². The van der Waals surface area contributed by atoms with Gasteiger partial charge in [0.05, 0.1) is 7.11 Å². The topological polar surface area (TPSA) is 21.3 Å². The maximum absolute atomic E-state index is 5.44. The molecule has 1 N–H and O–H groups in total. The van der Waals surface area contributed by atoms with Crippen molar-refractivity contribution in [2.45, 2.75) is 26.3 Å². The molecular formula is C20H26ClNO. The Hall–Kier alpha value is -1.77. The molecule has 0 amide bonds. The van der Waals surface area contributed by atoms with E-state index < -0.39 is 0 Å². The van der Waals surface area contributed by atoms with Crippen LogP contribution < -0.4 is 10.1 Å². The summed E-state index contributed by atoms with van der Waals surface area (Å²) in [5.74, 6) is 0.971. The van der Waals surface area contributed by atoms with Crippen LogP contribution in [0.2, 0.25) is 0 Å². The number of methoxy groups -OCH3 is 1. The van der Waals surface area contributed by atoms with Gasteiger partial charge >= 0.3 is 0 Å². The van der Waals surface area contributed by atoms with Crippen LogP contribution in [0.5, 0.6) is 5.75 Å². The van der Waals surface area contributed by atoms with E-state index >= 15 is 0 Å². The fourth-order valence-corrected chi connectivity index (χ4v) is 2.50. The van der Waals surface area contributed by atoms with E-state index in [2.05, 4.69) is 67.7 Å². The number of hydrogen-bond donors (Lipinski definition) is 1. The Morgan fingerprint density at radius 3 is 2.57 bits per heavy atom. The molecule has 0 fully saturated rings. The first-order chi connectivity index (χ1) is 10.7. The molecule has 2 aromatic carbocycles. The molecule has 124 valence electrons. The molecule has 2 aromatic rings. The molecule has 1 atom stereocenters. The minimum atomic E-state index is 0. The predicted octanol–water partition coefficient (Wildman–Crippen LogP) is 4.66. The van der Waals surface area contributed by atoms with E-state index in [1.165, 1.54) is 16.7 Å². The van der Waals surface area contributed by atoms with Gasteiger partial charge in [0.2, 0.25) is 0 Å². The van der Waals surface area contributed by atoms with Gasteiger partial charge < -0.3 is 10.1 Å². The minimum Gasteiger partial charge on any atom is -0.496 e. The van der Waals surface area contributed by atoms with Crippen LogP contribution in [0, 0.1) is 6.92 Å². The summed E-state index contributed by atoms with van der Waals surface area (Å²) in [6.07, 6.45) is 5.27. The monoisotopic (exact) mass is 331 g/mol. The Morgan fingerprint density at radius 1 is 1.13 bits per heavy atom. The lowest BCUT2D eigenvalue weighted by atomic mass is 10.0. The van der Waals surface area contributed by atoms with Gasteiger partial charge in [-0.15, -0.1) is 12.4 Å². The summed E-state index contributed by atoms with van der Waals surface area (Å²) in [7, 11) is 1.73. The summed E-state index contributed by atoms with van der Waals surface area (Å²) in [4.78, 5) is 0. The smallest absolute Gasteiger partial charge is 0.122 e. The maximum Gasteiger partial charge on any atom is 0.122 e. The lowest BCUT2D eigenvalue weighted by Gasteiger charge is -2.15. The SMILES string of the molecule is COc1ccc(C)cc1CC(C)NC/C=C/c1ccccc1.Cl. The van der Waals surface area contributed by atoms with E-state index in [1.54, 1.807) is 7.11 Å². The van der Waals surface area contributed by atoms with Crippen molar-refractivity contribution in [3.8, 4) is 5.75 Å². The standard InChI is InChI=1S/C20H25NO.ClH/c1-16-11-12-20(22-3)19(14-16)15-17(2)21-13-7-10-18-8-5-4-6-9-18;/h4-12,14,17,21H,13,15H2,1-3H3;1H/b10-7+;. The lowest BCUT2D eigenvalue weighted by Crippen LogP contribution is -2.28. The van der Waals surface area contributed by atoms with E-state index in [1.807, 2.05) is 12.1 Å². The van der Waals surface area contributed by atoms with E-state index in [9.17, 15) is 0 Å². The molecule has 0 aliphatic heterocycles. The first-order valence-corrected chi connectivity index (χ1v) is 7.77. The zero-order chi connectivity index (χ0) is 15.8. The quantitative estimate of drug-likeness (QED) is 0.796. The lowest BCUT2D eigenvalue weighted by molar-refractivity contribution is 0.406. The van der Waals surface area contributed by atoms with Crippen LogP contribution in [-0.4, -0.2) is 19.7 Å². The number of aryl methyl sites for hydroxylation is 1. The van der Waals surface area contributed by atoms with Crippen molar-refractivity contribution in [2.24, 2.45) is 0 Å². The second-order valence-corrected chi connectivity index (χ2v) is 5.64. The van der Waals surface area contributed by atoms with Crippen LogP contribution in [-0.2, 0) is 6.42 Å². The molecule has 0 spiro atoms. The number of rotatable bonds is 7. The molecule has 3 heteroatoms. The Morgan fingerprint density at radius 2 is 1.87 bits per heavy atom. The van der Waals surface area contributed by atoms with Gasteiger partial charge in [0.15, 0.2) is 0 Å². The Bertz CT molecular complexity index is 610. The first kappa shape index (κ1) is 19.3. The molecule has 2 rings (SSSR count). The van der Waals surface area contributed by atoms with E-state index in [4.69, 9.17) is 4.74 Å². The molecule has 2 nitrogen and oxygen atoms in total. The third kappa shape index (κ3) is 6.47. The second-order valence-electron chi connectivity index (χ2n) is 5.64. The van der Waals surface area contributed by atoms with Gasteiger partial charge in [-0.2, -0.15) is 0 Å². The van der Waals surface area contributed by atoms with Crippen molar-refractivity contribution in [3.05, 3.63) is 71.3 Å². The van der Waals surface area contributed by atoms with Crippen molar-refractivity contribution in [1.82, 2.24) is 5.32 Å². The highest BCUT2D eigenvalue weighted by molar-refractivity contribution is 5.85. The van der Waals surface area contributed by atoms with Crippen molar-refractivity contribution >= 4 is 18.5 Å². The summed E-state index contributed by atoms with van der Waals surface area (Å²) >= 11 is 0. The average Bonchev–Trinajstić information content (AvgIpc) is 2.53. The molecule has 0 aromatic heterocycles. The highest BCUT2D eigenvalue weighted by Crippen LogP contribution is 2.21. The van der Waals surface area contributed by atoms with Crippen LogP contribution in [0.3, 0.4) is 0 Å². The van der Waals surface area contributed by atoms with Gasteiger partial charge in [-0.05, 0) is 37.5 Å². The van der Waals surface area contributed by atoms with E-state index in [0.717, 1.165) is 18.7 Å².